The second-order valence-electron chi connectivity index (χ2n) is 10.1. The van der Waals surface area contributed by atoms with Gasteiger partial charge in [0.05, 0.1) is 24.1 Å². The van der Waals surface area contributed by atoms with Crippen molar-refractivity contribution in [1.29, 1.82) is 0 Å². The number of rotatable bonds is 5. The van der Waals surface area contributed by atoms with E-state index in [-0.39, 0.29) is 61.4 Å². The number of hydrogen-bond acceptors (Lipinski definition) is 6. The van der Waals surface area contributed by atoms with Gasteiger partial charge in [0.25, 0.3) is 5.91 Å². The molecule has 0 radical (unpaired) electrons. The second-order valence-corrected chi connectivity index (χ2v) is 10.1. The molecule has 192 valence electrons. The first-order valence-electron chi connectivity index (χ1n) is 12.1. The van der Waals surface area contributed by atoms with Crippen LogP contribution in [-0.2, 0) is 14.4 Å². The van der Waals surface area contributed by atoms with Gasteiger partial charge in [-0.3, -0.25) is 19.2 Å². The van der Waals surface area contributed by atoms with E-state index in [1.807, 2.05) is 27.7 Å². The van der Waals surface area contributed by atoms with Crippen molar-refractivity contribution < 1.29 is 29.0 Å². The highest BCUT2D eigenvalue weighted by molar-refractivity contribution is 6.01. The first kappa shape index (κ1) is 26.5. The fraction of sp³-hybridized carbons (Fsp3) is 0.600. The molecule has 35 heavy (non-hydrogen) atoms. The number of para-hydroxylation sites is 1. The molecule has 0 spiro atoms. The molecule has 4 N–H and O–H groups in total. The number of carbonyl (C=O) groups is 4. The number of fused-ring (bicyclic) bond motifs is 1. The molecule has 2 aliphatic heterocycles. The number of amides is 4. The van der Waals surface area contributed by atoms with Crippen molar-refractivity contribution in [2.75, 3.05) is 19.7 Å². The lowest BCUT2D eigenvalue weighted by Gasteiger charge is -2.36. The van der Waals surface area contributed by atoms with E-state index >= 15 is 0 Å². The fourth-order valence-corrected chi connectivity index (χ4v) is 4.20. The van der Waals surface area contributed by atoms with Crippen LogP contribution in [0.5, 0.6) is 5.75 Å². The molecule has 2 heterocycles. The SMILES string of the molecule is CC(C)C[C@H]1COc2ccccc2C(=O)N[C@@H](CC(=O)N2CC(O)C2)C(=O)N[C@H](C(C)C)C(=O)N1. The Morgan fingerprint density at radius 2 is 1.74 bits per heavy atom. The summed E-state index contributed by atoms with van der Waals surface area (Å²) in [5.74, 6) is -1.54. The normalized spacial score (nSPS) is 24.1. The van der Waals surface area contributed by atoms with Crippen LogP contribution in [0.4, 0.5) is 0 Å². The van der Waals surface area contributed by atoms with Crippen LogP contribution in [0.2, 0.25) is 0 Å². The van der Waals surface area contributed by atoms with E-state index in [0.29, 0.717) is 12.2 Å². The van der Waals surface area contributed by atoms with Crippen molar-refractivity contribution in [2.24, 2.45) is 11.8 Å². The molecule has 0 aromatic heterocycles. The third-order valence-corrected chi connectivity index (χ3v) is 6.14. The molecule has 10 heteroatoms. The van der Waals surface area contributed by atoms with E-state index in [0.717, 1.165) is 0 Å². The molecule has 0 bridgehead atoms. The number of nitrogens with one attached hydrogen (secondary N) is 3. The topological polar surface area (TPSA) is 137 Å². The molecule has 1 aromatic carbocycles. The molecule has 0 aliphatic carbocycles. The van der Waals surface area contributed by atoms with Gasteiger partial charge >= 0.3 is 0 Å². The van der Waals surface area contributed by atoms with Crippen LogP contribution in [0.15, 0.2) is 24.3 Å². The Morgan fingerprint density at radius 3 is 2.37 bits per heavy atom. The smallest absolute Gasteiger partial charge is 0.255 e. The average Bonchev–Trinajstić information content (AvgIpc) is 2.77. The van der Waals surface area contributed by atoms with Gasteiger partial charge in [0.2, 0.25) is 17.7 Å². The molecule has 0 saturated carbocycles. The van der Waals surface area contributed by atoms with Crippen molar-refractivity contribution in [3.63, 3.8) is 0 Å². The highest BCUT2D eigenvalue weighted by atomic mass is 16.5. The third-order valence-electron chi connectivity index (χ3n) is 6.14. The Labute approximate surface area is 205 Å². The maximum atomic E-state index is 13.3. The van der Waals surface area contributed by atoms with Crippen LogP contribution < -0.4 is 20.7 Å². The summed E-state index contributed by atoms with van der Waals surface area (Å²) in [6, 6.07) is 4.26. The summed E-state index contributed by atoms with van der Waals surface area (Å²) in [7, 11) is 0. The van der Waals surface area contributed by atoms with Gasteiger partial charge < -0.3 is 30.7 Å². The van der Waals surface area contributed by atoms with Crippen molar-refractivity contribution in [3.8, 4) is 5.75 Å². The Bertz CT molecular complexity index is 944. The molecular formula is C25H36N4O6. The average molecular weight is 489 g/mol. The zero-order chi connectivity index (χ0) is 25.7. The van der Waals surface area contributed by atoms with E-state index in [2.05, 4.69) is 16.0 Å². The zero-order valence-electron chi connectivity index (χ0n) is 20.7. The van der Waals surface area contributed by atoms with Crippen molar-refractivity contribution in [3.05, 3.63) is 29.8 Å². The lowest BCUT2D eigenvalue weighted by molar-refractivity contribution is -0.143. The van der Waals surface area contributed by atoms with Crippen LogP contribution in [-0.4, -0.2) is 77.6 Å². The van der Waals surface area contributed by atoms with Crippen LogP contribution in [0.25, 0.3) is 0 Å². The molecule has 10 nitrogen and oxygen atoms in total. The third kappa shape index (κ3) is 6.94. The van der Waals surface area contributed by atoms with Crippen molar-refractivity contribution in [1.82, 2.24) is 20.9 Å². The highest BCUT2D eigenvalue weighted by Gasteiger charge is 2.35. The lowest BCUT2D eigenvalue weighted by atomic mass is 10.00. The van der Waals surface area contributed by atoms with Gasteiger partial charge in [-0.25, -0.2) is 0 Å². The lowest BCUT2D eigenvalue weighted by Crippen LogP contribution is -2.59. The van der Waals surface area contributed by atoms with Crippen LogP contribution in [0.3, 0.4) is 0 Å². The van der Waals surface area contributed by atoms with Gasteiger partial charge in [0.15, 0.2) is 0 Å². The largest absolute Gasteiger partial charge is 0.491 e. The number of aliphatic hydroxyl groups is 1. The Hall–Kier alpha value is -3.14. The van der Waals surface area contributed by atoms with E-state index in [9.17, 15) is 24.3 Å². The molecule has 3 rings (SSSR count). The molecule has 1 fully saturated rings. The summed E-state index contributed by atoms with van der Waals surface area (Å²) in [6.07, 6.45) is -0.229. The van der Waals surface area contributed by atoms with Crippen LogP contribution in [0, 0.1) is 11.8 Å². The van der Waals surface area contributed by atoms with Crippen molar-refractivity contribution >= 4 is 23.6 Å². The maximum absolute atomic E-state index is 13.3. The highest BCUT2D eigenvalue weighted by Crippen LogP contribution is 2.20. The van der Waals surface area contributed by atoms with Gasteiger partial charge in [-0.05, 0) is 30.4 Å². The minimum Gasteiger partial charge on any atom is -0.491 e. The van der Waals surface area contributed by atoms with E-state index in [1.165, 1.54) is 4.90 Å². The molecule has 1 aromatic rings. The van der Waals surface area contributed by atoms with E-state index in [4.69, 9.17) is 4.74 Å². The number of benzene rings is 1. The molecule has 1 saturated heterocycles. The van der Waals surface area contributed by atoms with Gasteiger partial charge in [-0.15, -0.1) is 0 Å². The van der Waals surface area contributed by atoms with Gasteiger partial charge in [0.1, 0.15) is 24.4 Å². The zero-order valence-corrected chi connectivity index (χ0v) is 20.7. The van der Waals surface area contributed by atoms with Crippen LogP contribution in [0.1, 0.15) is 50.9 Å². The number of β-amino-alcohol motifs (C(OH)–C–C–N with tert-alkyl or cyclic N) is 1. The number of aliphatic hydroxyl groups excluding tert-OH is 1. The minimum atomic E-state index is -1.21. The molecule has 0 unspecified atom stereocenters. The number of ether oxygens (including phenoxy) is 1. The maximum Gasteiger partial charge on any atom is 0.255 e. The number of nitrogens with zero attached hydrogens (tertiary/aromatic N) is 1. The Balaban J connectivity index is 1.92. The Kier molecular flexibility index (Phi) is 8.71. The van der Waals surface area contributed by atoms with E-state index < -0.39 is 30.0 Å². The predicted molar refractivity (Wildman–Crippen MR) is 129 cm³/mol. The van der Waals surface area contributed by atoms with Crippen LogP contribution >= 0.6 is 0 Å². The predicted octanol–water partition coefficient (Wildman–Crippen LogP) is 0.442. The van der Waals surface area contributed by atoms with Gasteiger partial charge in [0, 0.05) is 13.1 Å². The van der Waals surface area contributed by atoms with Gasteiger partial charge in [-0.1, -0.05) is 39.8 Å². The molecule has 2 aliphatic rings. The van der Waals surface area contributed by atoms with E-state index in [1.54, 1.807) is 24.3 Å². The second kappa shape index (κ2) is 11.5. The number of hydrogen-bond donors (Lipinski definition) is 4. The first-order valence-corrected chi connectivity index (χ1v) is 12.1. The molecule has 4 amide bonds. The summed E-state index contributed by atoms with van der Waals surface area (Å²) >= 11 is 0. The van der Waals surface area contributed by atoms with Crippen molar-refractivity contribution in [2.45, 2.75) is 64.8 Å². The minimum absolute atomic E-state index is 0.159. The first-order chi connectivity index (χ1) is 16.5. The fourth-order valence-electron chi connectivity index (χ4n) is 4.20. The summed E-state index contributed by atoms with van der Waals surface area (Å²) in [5, 5.41) is 17.9. The monoisotopic (exact) mass is 488 g/mol. The summed E-state index contributed by atoms with van der Waals surface area (Å²) in [4.78, 5) is 53.7. The Morgan fingerprint density at radius 1 is 1.06 bits per heavy atom. The summed E-state index contributed by atoms with van der Waals surface area (Å²) in [5.41, 5.74) is 0.228. The standard InChI is InChI=1S/C25H36N4O6/c1-14(2)9-16-13-35-20-8-6-5-7-18(20)23(32)27-19(10-21(31)29-11-17(30)12-29)24(33)28-22(15(3)4)25(34)26-16/h5-8,14-17,19,22,30H,9-13H2,1-4H3,(H,26,34)(H,27,32)(H,28,33)/t16-,19-,22+/m0/s1. The molecular weight excluding hydrogens is 452 g/mol. The number of carbonyl (C=O) groups excluding carboxylic acids is 4. The summed E-state index contributed by atoms with van der Waals surface area (Å²) < 4.78 is 5.97. The van der Waals surface area contributed by atoms with Gasteiger partial charge in [-0.2, -0.15) is 0 Å². The molecule has 3 atom stereocenters. The summed E-state index contributed by atoms with van der Waals surface area (Å²) in [6.45, 7) is 8.23. The number of likely N-dealkylation sites (tertiary alicyclic amines) is 1. The quantitative estimate of drug-likeness (QED) is 0.475.